The van der Waals surface area contributed by atoms with Gasteiger partial charge in [-0.3, -0.25) is 43.8 Å². The Hall–Kier alpha value is -7.47. The number of fused-ring (bicyclic) bond motifs is 4. The summed E-state index contributed by atoms with van der Waals surface area (Å²) in [5.41, 5.74) is 7.12. The predicted octanol–water partition coefficient (Wildman–Crippen LogP) is 6.59. The molecule has 13 rings (SSSR count). The molecule has 2 aliphatic carbocycles. The first-order valence-corrected chi connectivity index (χ1v) is 28.0. The average molecular weight is 1040 g/mol. The molecule has 0 bridgehead atoms. The summed E-state index contributed by atoms with van der Waals surface area (Å²) in [6.45, 7) is 8.62. The summed E-state index contributed by atoms with van der Waals surface area (Å²) in [4.78, 5) is 114. The molecule has 18 nitrogen and oxygen atoms in total. The van der Waals surface area contributed by atoms with Crippen molar-refractivity contribution in [2.45, 2.75) is 139 Å². The average Bonchev–Trinajstić information content (AvgIpc) is 4.22. The van der Waals surface area contributed by atoms with Gasteiger partial charge in [0.2, 0.25) is 17.7 Å². The van der Waals surface area contributed by atoms with Gasteiger partial charge in [0.1, 0.15) is 11.6 Å². The third-order valence-electron chi connectivity index (χ3n) is 18.0. The lowest BCUT2D eigenvalue weighted by atomic mass is 9.73. The Labute approximate surface area is 446 Å². The first-order valence-electron chi connectivity index (χ1n) is 28.0. The van der Waals surface area contributed by atoms with E-state index in [-0.39, 0.29) is 59.8 Å². The number of hydrogen-bond acceptors (Lipinski definition) is 12. The van der Waals surface area contributed by atoms with Crippen molar-refractivity contribution in [3.05, 3.63) is 101 Å². The number of amides is 7. The maximum absolute atomic E-state index is 15.2. The summed E-state index contributed by atoms with van der Waals surface area (Å²) in [6.07, 6.45) is 12.3. The third kappa shape index (κ3) is 8.63. The van der Waals surface area contributed by atoms with Crippen LogP contribution in [-0.2, 0) is 19.8 Å². The number of pyridine rings is 1. The number of carbonyl (C=O) groups excluding carboxylic acids is 7. The predicted molar refractivity (Wildman–Crippen MR) is 289 cm³/mol. The fraction of sp³-hybridized carbons (Fsp3) is 0.475. The number of aromatic nitrogens is 3. The molecule has 1 unspecified atom stereocenters. The van der Waals surface area contributed by atoms with Crippen molar-refractivity contribution in [2.24, 2.45) is 0 Å². The summed E-state index contributed by atoms with van der Waals surface area (Å²) in [5.74, 6) is -1.52. The first kappa shape index (κ1) is 49.1. The highest BCUT2D eigenvalue weighted by Gasteiger charge is 2.56. The van der Waals surface area contributed by atoms with Crippen LogP contribution in [0.2, 0.25) is 0 Å². The van der Waals surface area contributed by atoms with Gasteiger partial charge < -0.3 is 34.8 Å². The molecule has 4 saturated heterocycles. The van der Waals surface area contributed by atoms with Gasteiger partial charge in [-0.2, -0.15) is 0 Å². The zero-order valence-corrected chi connectivity index (χ0v) is 43.8. The van der Waals surface area contributed by atoms with Crippen LogP contribution in [0.25, 0.3) is 22.3 Å². The molecule has 398 valence electrons. The number of nitrogens with zero attached hydrogens (tertiary/aromatic N) is 8. The molecule has 3 aromatic carbocycles. The zero-order valence-electron chi connectivity index (χ0n) is 43.8. The highest BCUT2D eigenvalue weighted by atomic mass is 16.2. The summed E-state index contributed by atoms with van der Waals surface area (Å²) >= 11 is 0. The van der Waals surface area contributed by atoms with Gasteiger partial charge in [-0.1, -0.05) is 18.6 Å². The van der Waals surface area contributed by atoms with E-state index >= 15 is 4.79 Å². The summed E-state index contributed by atoms with van der Waals surface area (Å²) in [6, 6.07) is 20.6. The van der Waals surface area contributed by atoms with Gasteiger partial charge in [-0.25, -0.2) is 9.97 Å². The molecule has 8 heterocycles. The maximum Gasteiger partial charge on any atom is 0.262 e. The lowest BCUT2D eigenvalue weighted by molar-refractivity contribution is -0.136. The fourth-order valence-corrected chi connectivity index (χ4v) is 13.3. The second-order valence-electron chi connectivity index (χ2n) is 23.0. The van der Waals surface area contributed by atoms with Crippen molar-refractivity contribution in [3.63, 3.8) is 0 Å². The van der Waals surface area contributed by atoms with E-state index in [1.807, 2.05) is 11.2 Å². The lowest BCUT2D eigenvalue weighted by Gasteiger charge is -2.48. The Kier molecular flexibility index (Phi) is 12.3. The van der Waals surface area contributed by atoms with E-state index in [2.05, 4.69) is 73.3 Å². The van der Waals surface area contributed by atoms with E-state index in [0.717, 1.165) is 88.7 Å². The lowest BCUT2D eigenvalue weighted by Crippen LogP contribution is -2.58. The molecule has 0 radical (unpaired) electrons. The van der Waals surface area contributed by atoms with Gasteiger partial charge in [-0.15, -0.1) is 0 Å². The largest absolute Gasteiger partial charge is 0.371 e. The van der Waals surface area contributed by atoms with Crippen LogP contribution in [0, 0.1) is 0 Å². The van der Waals surface area contributed by atoms with Gasteiger partial charge in [0, 0.05) is 90.9 Å². The molecule has 6 aliphatic heterocycles. The Morgan fingerprint density at radius 1 is 0.727 bits per heavy atom. The molecule has 2 saturated carbocycles. The molecule has 1 atom stereocenters. The van der Waals surface area contributed by atoms with Crippen molar-refractivity contribution in [1.82, 2.24) is 39.9 Å². The normalized spacial score (nSPS) is 23.7. The number of carbonyl (C=O) groups is 7. The Bertz CT molecular complexity index is 3270. The van der Waals surface area contributed by atoms with Crippen molar-refractivity contribution in [1.29, 1.82) is 0 Å². The highest BCUT2D eigenvalue weighted by molar-refractivity contribution is 6.24. The number of imidazole rings is 1. The Balaban J connectivity index is 0.662. The number of benzene rings is 3. The van der Waals surface area contributed by atoms with Crippen LogP contribution < -0.4 is 25.8 Å². The summed E-state index contributed by atoms with van der Waals surface area (Å²) in [7, 11) is 0. The molecule has 77 heavy (non-hydrogen) atoms. The number of likely N-dealkylation sites (tertiary alicyclic amines) is 2. The molecule has 8 aliphatic rings. The van der Waals surface area contributed by atoms with E-state index in [1.54, 1.807) is 42.5 Å². The standard InChI is InChI=1S/C59H65N11O7/c1-34(2)68-33-60-47-32-46(63-52(51(47)68)61-38-11-12-38)37-10-15-45-49(28-37)69(42-29-41(30-42)65-22-4-3-5-23-65)58(77)59(45)20-26-67(27-21-59)55(74)36-8-6-35(7-9-36)53(72)62-39-18-24-66(25-19-39)40-13-14-43-44(31-40)57(76)70(56(43)75)48-16-17-50(71)64-54(48)73/h6-10,13-15,28,31-34,38-39,41-42,48H,3-5,11-12,16-27,29-30H2,1-2H3,(H,61,63)(H,62,72)(H,64,71,73). The van der Waals surface area contributed by atoms with Gasteiger partial charge >= 0.3 is 0 Å². The van der Waals surface area contributed by atoms with E-state index in [1.165, 1.54) is 19.3 Å². The molecule has 6 fully saturated rings. The second kappa shape index (κ2) is 19.2. The van der Waals surface area contributed by atoms with E-state index in [4.69, 9.17) is 9.97 Å². The van der Waals surface area contributed by atoms with Gasteiger partial charge in [-0.05, 0) is 158 Å². The molecule has 3 N–H and O–H groups in total. The molecule has 1 spiro atoms. The quantitative estimate of drug-likeness (QED) is 0.120. The molecule has 5 aromatic rings. The molecule has 2 aromatic heterocycles. The van der Waals surface area contributed by atoms with Crippen LogP contribution >= 0.6 is 0 Å². The van der Waals surface area contributed by atoms with Crippen molar-refractivity contribution < 1.29 is 33.6 Å². The minimum absolute atomic E-state index is 0.0538. The van der Waals surface area contributed by atoms with Crippen LogP contribution in [-0.4, -0.2) is 140 Å². The number of hydrogen-bond donors (Lipinski definition) is 3. The van der Waals surface area contributed by atoms with Gasteiger partial charge in [0.25, 0.3) is 23.6 Å². The number of anilines is 3. The third-order valence-corrected chi connectivity index (χ3v) is 18.0. The summed E-state index contributed by atoms with van der Waals surface area (Å²) in [5, 5.41) is 9.08. The SMILES string of the molecule is CC(C)n1cnc2cc(-c3ccc4c(c3)N(C3CC(N5CCCCC5)C3)C(=O)C43CCN(C(=O)c4ccc(C(=O)NC5CCN(c6ccc7c(c6)C(=O)N(C6CCC(=O)NC6=O)C7=O)CC5)cc4)CC3)nc(NC3CC3)c21. The van der Waals surface area contributed by atoms with Crippen LogP contribution in [0.1, 0.15) is 150 Å². The number of imide groups is 2. The maximum atomic E-state index is 15.2. The molecule has 7 amide bonds. The smallest absolute Gasteiger partial charge is 0.262 e. The fourth-order valence-electron chi connectivity index (χ4n) is 13.3. The Morgan fingerprint density at radius 2 is 1.45 bits per heavy atom. The zero-order chi connectivity index (χ0) is 52.9. The van der Waals surface area contributed by atoms with Crippen molar-refractivity contribution in [3.8, 4) is 11.3 Å². The molecular weight excluding hydrogens is 975 g/mol. The van der Waals surface area contributed by atoms with E-state index < -0.39 is 35.1 Å². The number of rotatable bonds is 11. The first-order chi connectivity index (χ1) is 37.3. The van der Waals surface area contributed by atoms with Crippen molar-refractivity contribution >= 4 is 69.6 Å². The monoisotopic (exact) mass is 1040 g/mol. The van der Waals surface area contributed by atoms with E-state index in [9.17, 15) is 28.8 Å². The van der Waals surface area contributed by atoms with Crippen molar-refractivity contribution in [2.75, 3.05) is 54.4 Å². The minimum atomic E-state index is -1.03. The number of nitrogens with one attached hydrogen (secondary N) is 3. The van der Waals surface area contributed by atoms with Crippen LogP contribution in [0.4, 0.5) is 17.2 Å². The topological polar surface area (TPSA) is 202 Å². The van der Waals surface area contributed by atoms with Gasteiger partial charge in [0.15, 0.2) is 5.82 Å². The Morgan fingerprint density at radius 3 is 2.17 bits per heavy atom. The second-order valence-corrected chi connectivity index (χ2v) is 23.0. The van der Waals surface area contributed by atoms with Crippen LogP contribution in [0.15, 0.2) is 73.1 Å². The van der Waals surface area contributed by atoms with Crippen LogP contribution in [0.5, 0.6) is 0 Å². The highest BCUT2D eigenvalue weighted by Crippen LogP contribution is 2.52. The summed E-state index contributed by atoms with van der Waals surface area (Å²) < 4.78 is 2.18. The van der Waals surface area contributed by atoms with E-state index in [0.29, 0.717) is 75.1 Å². The number of piperidine rings is 4. The minimum Gasteiger partial charge on any atom is -0.371 e. The molecular formula is C59H65N11O7. The molecule has 18 heteroatoms. The van der Waals surface area contributed by atoms with Crippen LogP contribution in [0.3, 0.4) is 0 Å². The van der Waals surface area contributed by atoms with Gasteiger partial charge in [0.05, 0.1) is 34.1 Å².